The fourth-order valence-electron chi connectivity index (χ4n) is 7.61. The van der Waals surface area contributed by atoms with E-state index in [1.807, 2.05) is 27.7 Å². The minimum atomic E-state index is -3.56. The smallest absolute Gasteiger partial charge is 0.315 e. The van der Waals surface area contributed by atoms with Crippen molar-refractivity contribution < 1.29 is 32.4 Å². The lowest BCUT2D eigenvalue weighted by Crippen LogP contribution is -2.64. The minimum absolute atomic E-state index is 0.00492. The Morgan fingerprint density at radius 2 is 1.52 bits per heavy atom. The molecule has 12 nitrogen and oxygen atoms in total. The standard InChI is InChI=1S/C35H59N5O7S/c1-10-14-23(26(41)29(43)36-21-15-16-21)37-28(42)25-24-22(34(24,8)9)19-40(25)30(44)27(32(2,3)4)38-31(45)39-35(17-12-11-13-18-35)20-48(46,47)33(5,6)7/h21-25,27H,10-20H2,1-9H3,(H,36,43)(H,37,42)(H2,38,39,45)/t22-,23?,24-,25-,27+/m0/s1. The van der Waals surface area contributed by atoms with Crippen molar-refractivity contribution in [2.24, 2.45) is 22.7 Å². The van der Waals surface area contributed by atoms with Crippen molar-refractivity contribution in [3.63, 3.8) is 0 Å². The molecule has 5 amide bonds. The van der Waals surface area contributed by atoms with E-state index < -0.39 is 73.2 Å². The first-order chi connectivity index (χ1) is 22.0. The molecule has 0 aromatic heterocycles. The van der Waals surface area contributed by atoms with Crippen LogP contribution in [0.25, 0.3) is 0 Å². The number of piperidine rings is 1. The van der Waals surface area contributed by atoms with Crippen LogP contribution in [0.2, 0.25) is 0 Å². The van der Waals surface area contributed by atoms with Crippen molar-refractivity contribution >= 4 is 39.4 Å². The van der Waals surface area contributed by atoms with E-state index in [2.05, 4.69) is 35.1 Å². The molecule has 1 saturated heterocycles. The van der Waals surface area contributed by atoms with Crippen LogP contribution in [0.5, 0.6) is 0 Å². The van der Waals surface area contributed by atoms with Crippen LogP contribution in [-0.2, 0) is 29.0 Å². The van der Waals surface area contributed by atoms with Gasteiger partial charge in [0.2, 0.25) is 17.6 Å². The summed E-state index contributed by atoms with van der Waals surface area (Å²) in [6, 6.07) is -3.50. The molecule has 1 aliphatic heterocycles. The number of ketones is 1. The van der Waals surface area contributed by atoms with E-state index in [0.717, 1.165) is 32.1 Å². The number of fused-ring (bicyclic) bond motifs is 1. The highest BCUT2D eigenvalue weighted by Gasteiger charge is 2.70. The summed E-state index contributed by atoms with van der Waals surface area (Å²) in [7, 11) is -3.56. The second-order valence-electron chi connectivity index (χ2n) is 17.5. The third kappa shape index (κ3) is 8.18. The summed E-state index contributed by atoms with van der Waals surface area (Å²) < 4.78 is 25.6. The van der Waals surface area contributed by atoms with Crippen LogP contribution in [0.1, 0.15) is 120 Å². The number of nitrogens with one attached hydrogen (secondary N) is 4. The zero-order valence-corrected chi connectivity index (χ0v) is 31.3. The molecule has 3 saturated carbocycles. The van der Waals surface area contributed by atoms with Gasteiger partial charge in [0.15, 0.2) is 9.84 Å². The SMILES string of the molecule is CCCC(NC(=O)[C@@H]1[C@@H]2[C@H](CN1C(=O)[C@@H](NC(=O)NC1(CS(=O)(=O)C(C)(C)C)CCCCC1)C(C)(C)C)C2(C)C)C(=O)C(=O)NC1CC1. The topological polar surface area (TPSA) is 171 Å². The number of amides is 5. The number of hydrogen-bond donors (Lipinski definition) is 4. The molecule has 0 aromatic carbocycles. The Kier molecular flexibility index (Phi) is 10.8. The molecule has 4 fully saturated rings. The second kappa shape index (κ2) is 13.5. The third-order valence-corrected chi connectivity index (χ3v) is 13.9. The molecule has 0 radical (unpaired) electrons. The Labute approximate surface area is 287 Å². The van der Waals surface area contributed by atoms with Crippen molar-refractivity contribution in [1.29, 1.82) is 0 Å². The maximum absolute atomic E-state index is 14.4. The first-order valence-electron chi connectivity index (χ1n) is 17.8. The van der Waals surface area contributed by atoms with Crippen molar-refractivity contribution in [2.75, 3.05) is 12.3 Å². The first kappa shape index (κ1) is 38.1. The highest BCUT2D eigenvalue weighted by atomic mass is 32.2. The van der Waals surface area contributed by atoms with Crippen LogP contribution in [0.3, 0.4) is 0 Å². The molecule has 4 rings (SSSR count). The van der Waals surface area contributed by atoms with Crippen molar-refractivity contribution in [3.05, 3.63) is 0 Å². The largest absolute Gasteiger partial charge is 0.347 e. The van der Waals surface area contributed by atoms with Gasteiger partial charge in [0.1, 0.15) is 12.1 Å². The summed E-state index contributed by atoms with van der Waals surface area (Å²) in [5.41, 5.74) is -1.90. The number of carbonyl (C=O) groups excluding carboxylic acids is 5. The van der Waals surface area contributed by atoms with Gasteiger partial charge < -0.3 is 26.2 Å². The van der Waals surface area contributed by atoms with E-state index >= 15 is 0 Å². The molecule has 4 aliphatic rings. The molecular weight excluding hydrogens is 634 g/mol. The minimum Gasteiger partial charge on any atom is -0.347 e. The van der Waals surface area contributed by atoms with Gasteiger partial charge in [-0.15, -0.1) is 0 Å². The predicted molar refractivity (Wildman–Crippen MR) is 184 cm³/mol. The van der Waals surface area contributed by atoms with Crippen LogP contribution in [0, 0.1) is 22.7 Å². The van der Waals surface area contributed by atoms with Gasteiger partial charge in [-0.2, -0.15) is 0 Å². The van der Waals surface area contributed by atoms with Gasteiger partial charge in [0.25, 0.3) is 5.91 Å². The zero-order valence-electron chi connectivity index (χ0n) is 30.5. The second-order valence-corrected chi connectivity index (χ2v) is 20.2. The number of nitrogens with zero attached hydrogens (tertiary/aromatic N) is 1. The van der Waals surface area contributed by atoms with E-state index in [4.69, 9.17) is 0 Å². The van der Waals surface area contributed by atoms with Crippen molar-refractivity contribution in [2.45, 2.75) is 155 Å². The Bertz CT molecular complexity index is 1390. The summed E-state index contributed by atoms with van der Waals surface area (Å²) in [4.78, 5) is 69.3. The monoisotopic (exact) mass is 693 g/mol. The highest BCUT2D eigenvalue weighted by Crippen LogP contribution is 2.65. The average Bonchev–Trinajstić information content (AvgIpc) is 3.81. The van der Waals surface area contributed by atoms with Crippen LogP contribution >= 0.6 is 0 Å². The van der Waals surface area contributed by atoms with Gasteiger partial charge >= 0.3 is 6.03 Å². The van der Waals surface area contributed by atoms with Crippen molar-refractivity contribution in [1.82, 2.24) is 26.2 Å². The van der Waals surface area contributed by atoms with Crippen molar-refractivity contribution in [3.8, 4) is 0 Å². The van der Waals surface area contributed by atoms with Gasteiger partial charge in [0, 0.05) is 12.6 Å². The summed E-state index contributed by atoms with van der Waals surface area (Å²) in [5, 5.41) is 11.4. The number of hydrogen-bond acceptors (Lipinski definition) is 7. The highest BCUT2D eigenvalue weighted by molar-refractivity contribution is 7.92. The normalized spacial score (nSPS) is 26.0. The number of carbonyl (C=O) groups is 5. The quantitative estimate of drug-likeness (QED) is 0.227. The number of rotatable bonds is 12. The van der Waals surface area contributed by atoms with Crippen LogP contribution < -0.4 is 21.3 Å². The molecular formula is C35H59N5O7S. The van der Waals surface area contributed by atoms with Crippen LogP contribution in [0.4, 0.5) is 4.79 Å². The Morgan fingerprint density at radius 1 is 0.917 bits per heavy atom. The van der Waals surface area contributed by atoms with E-state index in [0.29, 0.717) is 32.2 Å². The number of sulfone groups is 1. The zero-order chi connectivity index (χ0) is 36.0. The maximum Gasteiger partial charge on any atom is 0.315 e. The summed E-state index contributed by atoms with van der Waals surface area (Å²) in [6.45, 7) is 16.8. The van der Waals surface area contributed by atoms with Gasteiger partial charge in [-0.3, -0.25) is 19.2 Å². The van der Waals surface area contributed by atoms with Gasteiger partial charge in [-0.05, 0) is 75.5 Å². The lowest BCUT2D eigenvalue weighted by molar-refractivity contribution is -0.145. The van der Waals surface area contributed by atoms with Gasteiger partial charge in [-0.25, -0.2) is 13.2 Å². The lowest BCUT2D eigenvalue weighted by Gasteiger charge is -2.41. The molecule has 272 valence electrons. The molecule has 5 atom stereocenters. The molecule has 0 aromatic rings. The summed E-state index contributed by atoms with van der Waals surface area (Å²) in [5.74, 6) is -2.53. The molecule has 13 heteroatoms. The fraction of sp³-hybridized carbons (Fsp3) is 0.857. The Balaban J connectivity index is 1.54. The van der Waals surface area contributed by atoms with Crippen LogP contribution in [0.15, 0.2) is 0 Å². The Hall–Kier alpha value is -2.70. The van der Waals surface area contributed by atoms with Gasteiger partial charge in [-0.1, -0.05) is 67.2 Å². The molecule has 4 N–H and O–H groups in total. The fourth-order valence-corrected chi connectivity index (χ4v) is 9.13. The summed E-state index contributed by atoms with van der Waals surface area (Å²) >= 11 is 0. The maximum atomic E-state index is 14.4. The lowest BCUT2D eigenvalue weighted by atomic mass is 9.83. The van der Waals surface area contributed by atoms with E-state index in [1.54, 1.807) is 20.8 Å². The number of Topliss-reactive ketones (excluding diaryl/α,β-unsaturated/α-hetero) is 1. The molecule has 3 aliphatic carbocycles. The predicted octanol–water partition coefficient (Wildman–Crippen LogP) is 3.23. The summed E-state index contributed by atoms with van der Waals surface area (Å²) in [6.07, 6.45) is 6.10. The van der Waals surface area contributed by atoms with E-state index in [-0.39, 0.29) is 29.0 Å². The van der Waals surface area contributed by atoms with E-state index in [9.17, 15) is 32.4 Å². The third-order valence-electron chi connectivity index (χ3n) is 11.1. The molecule has 1 unspecified atom stereocenters. The first-order valence-corrected chi connectivity index (χ1v) is 19.5. The molecule has 1 heterocycles. The Morgan fingerprint density at radius 3 is 2.04 bits per heavy atom. The number of likely N-dealkylation sites (tertiary alicyclic amines) is 1. The molecule has 48 heavy (non-hydrogen) atoms. The number of urea groups is 1. The molecule has 0 bridgehead atoms. The van der Waals surface area contributed by atoms with E-state index in [1.165, 1.54) is 4.90 Å². The average molecular weight is 694 g/mol. The molecule has 0 spiro atoms. The van der Waals surface area contributed by atoms with Gasteiger partial charge in [0.05, 0.1) is 22.1 Å². The van der Waals surface area contributed by atoms with Crippen LogP contribution in [-0.4, -0.2) is 89.6 Å².